The molecule has 0 bridgehead atoms. The third-order valence-corrected chi connectivity index (χ3v) is 5.02. The average molecular weight is 409 g/mol. The Balaban J connectivity index is 1.82. The van der Waals surface area contributed by atoms with Crippen molar-refractivity contribution in [1.29, 1.82) is 0 Å². The summed E-state index contributed by atoms with van der Waals surface area (Å²) in [6.07, 6.45) is 3.32. The van der Waals surface area contributed by atoms with E-state index in [-0.39, 0.29) is 23.8 Å². The van der Waals surface area contributed by atoms with Crippen LogP contribution in [0, 0.1) is 0 Å². The molecular formula is C21H19N3O4S. The summed E-state index contributed by atoms with van der Waals surface area (Å²) in [4.78, 5) is 26.9. The van der Waals surface area contributed by atoms with Crippen LogP contribution in [0.4, 0.5) is 0 Å². The van der Waals surface area contributed by atoms with Crippen molar-refractivity contribution in [3.63, 3.8) is 0 Å². The fourth-order valence-electron chi connectivity index (χ4n) is 2.56. The number of aromatic hydroxyl groups is 1. The standard InChI is InChI=1S/C21H19N3O4S/c1-3-12-24-20(27)18(13-14-8-10-15(28-2)11-9-14)29-21(24)23-22-19(26)16-6-4-5-7-17(16)25/h3-11,13,25H,1,12H2,2H3,(H,22,26)/b18-13-,23-21+. The number of hydrazone groups is 1. The molecule has 1 heterocycles. The molecule has 2 aromatic carbocycles. The Labute approximate surface area is 172 Å². The van der Waals surface area contributed by atoms with Crippen LogP contribution < -0.4 is 10.2 Å². The van der Waals surface area contributed by atoms with E-state index < -0.39 is 5.91 Å². The molecule has 1 saturated heterocycles. The Morgan fingerprint density at radius 3 is 2.66 bits per heavy atom. The number of amidine groups is 1. The highest BCUT2D eigenvalue weighted by atomic mass is 32.2. The predicted molar refractivity (Wildman–Crippen MR) is 113 cm³/mol. The zero-order valence-corrected chi connectivity index (χ0v) is 16.5. The monoisotopic (exact) mass is 409 g/mol. The maximum Gasteiger partial charge on any atom is 0.275 e. The van der Waals surface area contributed by atoms with E-state index in [1.807, 2.05) is 12.1 Å². The number of hydrogen-bond donors (Lipinski definition) is 2. The summed E-state index contributed by atoms with van der Waals surface area (Å²) in [5.74, 6) is -0.237. The largest absolute Gasteiger partial charge is 0.507 e. The fraction of sp³-hybridized carbons (Fsp3) is 0.0952. The second-order valence-electron chi connectivity index (χ2n) is 5.94. The zero-order chi connectivity index (χ0) is 20.8. The van der Waals surface area contributed by atoms with E-state index in [9.17, 15) is 14.7 Å². The first-order valence-corrected chi connectivity index (χ1v) is 9.47. The lowest BCUT2D eigenvalue weighted by atomic mass is 10.2. The Bertz CT molecular complexity index is 999. The number of ether oxygens (including phenoxy) is 1. The third kappa shape index (κ3) is 4.67. The number of hydrogen-bond acceptors (Lipinski definition) is 6. The number of nitrogens with one attached hydrogen (secondary N) is 1. The van der Waals surface area contributed by atoms with Crippen molar-refractivity contribution in [3.8, 4) is 11.5 Å². The minimum absolute atomic E-state index is 0.0930. The van der Waals surface area contributed by atoms with Crippen LogP contribution in [0.15, 0.2) is 71.2 Å². The molecule has 2 N–H and O–H groups in total. The molecule has 3 rings (SSSR count). The molecule has 1 fully saturated rings. The van der Waals surface area contributed by atoms with E-state index in [1.165, 1.54) is 17.0 Å². The van der Waals surface area contributed by atoms with E-state index in [4.69, 9.17) is 4.74 Å². The number of carbonyl (C=O) groups excluding carboxylic acids is 2. The van der Waals surface area contributed by atoms with Gasteiger partial charge < -0.3 is 9.84 Å². The van der Waals surface area contributed by atoms with E-state index in [0.29, 0.717) is 10.1 Å². The van der Waals surface area contributed by atoms with Gasteiger partial charge in [0.1, 0.15) is 11.5 Å². The van der Waals surface area contributed by atoms with Gasteiger partial charge >= 0.3 is 0 Å². The average Bonchev–Trinajstić information content (AvgIpc) is 3.02. The number of carbonyl (C=O) groups is 2. The fourth-order valence-corrected chi connectivity index (χ4v) is 3.51. The molecule has 0 aliphatic carbocycles. The van der Waals surface area contributed by atoms with Gasteiger partial charge in [0.25, 0.3) is 11.8 Å². The number of methoxy groups -OCH3 is 1. The van der Waals surface area contributed by atoms with Gasteiger partial charge in [-0.05, 0) is 47.7 Å². The molecule has 0 aromatic heterocycles. The Morgan fingerprint density at radius 1 is 1.28 bits per heavy atom. The van der Waals surface area contributed by atoms with Crippen molar-refractivity contribution in [2.24, 2.45) is 5.10 Å². The molecule has 7 nitrogen and oxygen atoms in total. The van der Waals surface area contributed by atoms with Gasteiger partial charge in [-0.25, -0.2) is 5.43 Å². The van der Waals surface area contributed by atoms with Crippen molar-refractivity contribution in [2.75, 3.05) is 13.7 Å². The zero-order valence-electron chi connectivity index (χ0n) is 15.7. The Kier molecular flexibility index (Phi) is 6.36. The topological polar surface area (TPSA) is 91.2 Å². The minimum Gasteiger partial charge on any atom is -0.507 e. The molecule has 148 valence electrons. The van der Waals surface area contributed by atoms with Crippen molar-refractivity contribution in [3.05, 3.63) is 77.2 Å². The summed E-state index contributed by atoms with van der Waals surface area (Å²) in [7, 11) is 1.59. The molecule has 0 radical (unpaired) electrons. The van der Waals surface area contributed by atoms with Crippen LogP contribution in [0.5, 0.6) is 11.5 Å². The molecular weight excluding hydrogens is 390 g/mol. The normalized spacial score (nSPS) is 16.3. The van der Waals surface area contributed by atoms with Gasteiger partial charge in [-0.2, -0.15) is 0 Å². The summed E-state index contributed by atoms with van der Waals surface area (Å²) in [5.41, 5.74) is 3.31. The van der Waals surface area contributed by atoms with Gasteiger partial charge in [0.15, 0.2) is 5.17 Å². The third-order valence-electron chi connectivity index (χ3n) is 4.02. The Hall–Kier alpha value is -3.52. The van der Waals surface area contributed by atoms with Crippen LogP contribution in [-0.4, -0.2) is 40.6 Å². The van der Waals surface area contributed by atoms with E-state index >= 15 is 0 Å². The minimum atomic E-state index is -0.574. The predicted octanol–water partition coefficient (Wildman–Crippen LogP) is 3.20. The van der Waals surface area contributed by atoms with Crippen molar-refractivity contribution >= 4 is 34.8 Å². The molecule has 0 unspecified atom stereocenters. The molecule has 29 heavy (non-hydrogen) atoms. The van der Waals surface area contributed by atoms with E-state index in [2.05, 4.69) is 17.1 Å². The lowest BCUT2D eigenvalue weighted by Gasteiger charge is -2.12. The van der Waals surface area contributed by atoms with E-state index in [1.54, 1.807) is 43.5 Å². The quantitative estimate of drug-likeness (QED) is 0.434. The van der Waals surface area contributed by atoms with Crippen LogP contribution in [0.2, 0.25) is 0 Å². The summed E-state index contributed by atoms with van der Waals surface area (Å²) in [6.45, 7) is 3.91. The first-order valence-electron chi connectivity index (χ1n) is 8.66. The summed E-state index contributed by atoms with van der Waals surface area (Å²) >= 11 is 1.14. The number of amides is 2. The van der Waals surface area contributed by atoms with Gasteiger partial charge in [-0.3, -0.25) is 14.5 Å². The van der Waals surface area contributed by atoms with Crippen LogP contribution in [0.3, 0.4) is 0 Å². The smallest absolute Gasteiger partial charge is 0.275 e. The van der Waals surface area contributed by atoms with Crippen LogP contribution in [-0.2, 0) is 4.79 Å². The lowest BCUT2D eigenvalue weighted by Crippen LogP contribution is -2.31. The molecule has 1 aliphatic heterocycles. The highest BCUT2D eigenvalue weighted by molar-refractivity contribution is 8.18. The number of nitrogens with zero attached hydrogens (tertiary/aromatic N) is 2. The Morgan fingerprint density at radius 2 is 2.00 bits per heavy atom. The summed E-state index contributed by atoms with van der Waals surface area (Å²) in [5, 5.41) is 14.2. The van der Waals surface area contributed by atoms with Crippen molar-refractivity contribution in [2.45, 2.75) is 0 Å². The maximum absolute atomic E-state index is 12.7. The van der Waals surface area contributed by atoms with Crippen LogP contribution in [0.1, 0.15) is 15.9 Å². The molecule has 2 aromatic rings. The van der Waals surface area contributed by atoms with Gasteiger partial charge in [-0.1, -0.05) is 30.3 Å². The van der Waals surface area contributed by atoms with Crippen molar-refractivity contribution in [1.82, 2.24) is 10.3 Å². The first kappa shape index (κ1) is 20.2. The molecule has 0 spiro atoms. The number of para-hydroxylation sites is 1. The number of thioether (sulfide) groups is 1. The molecule has 0 saturated carbocycles. The van der Waals surface area contributed by atoms with E-state index in [0.717, 1.165) is 23.1 Å². The first-order chi connectivity index (χ1) is 14.0. The van der Waals surface area contributed by atoms with Gasteiger partial charge in [0, 0.05) is 6.54 Å². The molecule has 8 heteroatoms. The molecule has 1 aliphatic rings. The number of benzene rings is 2. The highest BCUT2D eigenvalue weighted by Gasteiger charge is 2.33. The lowest BCUT2D eigenvalue weighted by molar-refractivity contribution is -0.121. The second-order valence-corrected chi connectivity index (χ2v) is 6.95. The second kappa shape index (κ2) is 9.11. The molecule has 0 atom stereocenters. The molecule has 2 amide bonds. The summed E-state index contributed by atoms with van der Waals surface area (Å²) < 4.78 is 5.14. The van der Waals surface area contributed by atoms with Crippen LogP contribution in [0.25, 0.3) is 6.08 Å². The summed E-state index contributed by atoms with van der Waals surface area (Å²) in [6, 6.07) is 13.4. The van der Waals surface area contributed by atoms with Gasteiger partial charge in [-0.15, -0.1) is 11.7 Å². The number of rotatable bonds is 6. The van der Waals surface area contributed by atoms with Gasteiger partial charge in [0.05, 0.1) is 17.6 Å². The number of phenolic OH excluding ortho intramolecular Hbond substituents is 1. The van der Waals surface area contributed by atoms with Crippen molar-refractivity contribution < 1.29 is 19.4 Å². The van der Waals surface area contributed by atoms with Gasteiger partial charge in [0.2, 0.25) is 0 Å². The maximum atomic E-state index is 12.7. The SMILES string of the molecule is C=CCN1C(=O)/C(=C/c2ccc(OC)cc2)S/C1=N/NC(=O)c1ccccc1O. The highest BCUT2D eigenvalue weighted by Crippen LogP contribution is 2.32. The number of phenols is 1. The van der Waals surface area contributed by atoms with Crippen LogP contribution >= 0.6 is 11.8 Å².